The molecule has 1 heterocycles. The van der Waals surface area contributed by atoms with E-state index >= 15 is 0 Å². The van der Waals surface area contributed by atoms with Gasteiger partial charge >= 0.3 is 0 Å². The predicted molar refractivity (Wildman–Crippen MR) is 74.6 cm³/mol. The second-order valence-electron chi connectivity index (χ2n) is 5.04. The zero-order valence-electron chi connectivity index (χ0n) is 11.0. The molecule has 1 N–H and O–H groups in total. The third-order valence-electron chi connectivity index (χ3n) is 3.71. The maximum Gasteiger partial charge on any atom is 0.240 e. The van der Waals surface area contributed by atoms with Gasteiger partial charge in [0, 0.05) is 24.5 Å². The highest BCUT2D eigenvalue weighted by molar-refractivity contribution is 7.09. The molecule has 102 valence electrons. The summed E-state index contributed by atoms with van der Waals surface area (Å²) in [6.07, 6.45) is 8.14. The maximum atomic E-state index is 12.3. The van der Waals surface area contributed by atoms with Crippen LogP contribution < -0.4 is 5.32 Å². The van der Waals surface area contributed by atoms with Gasteiger partial charge < -0.3 is 5.32 Å². The van der Waals surface area contributed by atoms with Gasteiger partial charge in [0.25, 0.3) is 0 Å². The van der Waals surface area contributed by atoms with Crippen molar-refractivity contribution in [1.82, 2.24) is 10.3 Å². The van der Waals surface area contributed by atoms with Gasteiger partial charge in [-0.05, 0) is 12.8 Å². The fourth-order valence-corrected chi connectivity index (χ4v) is 3.17. The van der Waals surface area contributed by atoms with Crippen molar-refractivity contribution in [3.8, 4) is 6.07 Å². The molecule has 1 aliphatic rings. The Morgan fingerprint density at radius 3 is 2.74 bits per heavy atom. The first-order chi connectivity index (χ1) is 9.27. The van der Waals surface area contributed by atoms with Gasteiger partial charge in [0.2, 0.25) is 5.91 Å². The number of carbonyl (C=O) groups excluding carboxylic acids is 1. The molecule has 4 nitrogen and oxygen atoms in total. The monoisotopic (exact) mass is 277 g/mol. The Labute approximate surface area is 117 Å². The summed E-state index contributed by atoms with van der Waals surface area (Å²) in [6.45, 7) is 0.565. The number of nitrogens with zero attached hydrogens (tertiary/aromatic N) is 2. The van der Waals surface area contributed by atoms with E-state index in [1.54, 1.807) is 17.5 Å². The molecule has 1 aliphatic carbocycles. The van der Waals surface area contributed by atoms with Gasteiger partial charge in [-0.15, -0.1) is 11.3 Å². The van der Waals surface area contributed by atoms with Gasteiger partial charge in [-0.3, -0.25) is 4.79 Å². The van der Waals surface area contributed by atoms with Crippen molar-refractivity contribution in [2.45, 2.75) is 44.9 Å². The summed E-state index contributed by atoms with van der Waals surface area (Å²) in [5.74, 6) is -0.0894. The molecule has 0 saturated heterocycles. The molecule has 1 aromatic rings. The summed E-state index contributed by atoms with van der Waals surface area (Å²) < 4.78 is 0. The highest BCUT2D eigenvalue weighted by Gasteiger charge is 2.38. The smallest absolute Gasteiger partial charge is 0.240 e. The van der Waals surface area contributed by atoms with E-state index in [4.69, 9.17) is 0 Å². The second kappa shape index (κ2) is 6.67. The van der Waals surface area contributed by atoms with Crippen LogP contribution in [-0.2, 0) is 11.2 Å². The SMILES string of the molecule is N#CC1(C(=O)NCCc2nccs2)CCCCCC1. The Hall–Kier alpha value is -1.41. The van der Waals surface area contributed by atoms with Crippen LogP contribution in [0.2, 0.25) is 0 Å². The van der Waals surface area contributed by atoms with Crippen LogP contribution >= 0.6 is 11.3 Å². The zero-order chi connectivity index (χ0) is 13.6. The third-order valence-corrected chi connectivity index (χ3v) is 4.55. The summed E-state index contributed by atoms with van der Waals surface area (Å²) in [5.41, 5.74) is -0.792. The van der Waals surface area contributed by atoms with Crippen molar-refractivity contribution in [3.63, 3.8) is 0 Å². The van der Waals surface area contributed by atoms with Gasteiger partial charge in [0.05, 0.1) is 11.1 Å². The number of hydrogen-bond donors (Lipinski definition) is 1. The van der Waals surface area contributed by atoms with Crippen molar-refractivity contribution in [3.05, 3.63) is 16.6 Å². The summed E-state index contributed by atoms with van der Waals surface area (Å²) >= 11 is 1.59. The van der Waals surface area contributed by atoms with E-state index in [0.717, 1.165) is 37.1 Å². The number of aromatic nitrogens is 1. The van der Waals surface area contributed by atoms with E-state index in [0.29, 0.717) is 19.4 Å². The quantitative estimate of drug-likeness (QED) is 0.860. The van der Waals surface area contributed by atoms with Gasteiger partial charge in [0.1, 0.15) is 5.41 Å². The van der Waals surface area contributed by atoms with Crippen molar-refractivity contribution in [2.75, 3.05) is 6.54 Å². The zero-order valence-corrected chi connectivity index (χ0v) is 11.8. The highest BCUT2D eigenvalue weighted by atomic mass is 32.1. The molecule has 1 amide bonds. The van der Waals surface area contributed by atoms with Crippen LogP contribution in [0.4, 0.5) is 0 Å². The predicted octanol–water partition coefficient (Wildman–Crippen LogP) is 2.67. The number of amides is 1. The largest absolute Gasteiger partial charge is 0.354 e. The molecule has 0 aliphatic heterocycles. The lowest BCUT2D eigenvalue weighted by Gasteiger charge is -2.23. The minimum absolute atomic E-state index is 0.0894. The normalized spacial score (nSPS) is 18.3. The lowest BCUT2D eigenvalue weighted by Crippen LogP contribution is -2.40. The summed E-state index contributed by atoms with van der Waals surface area (Å²) in [7, 11) is 0. The first-order valence-electron chi connectivity index (χ1n) is 6.85. The molecule has 0 atom stereocenters. The minimum atomic E-state index is -0.792. The third kappa shape index (κ3) is 3.54. The highest BCUT2D eigenvalue weighted by Crippen LogP contribution is 2.34. The Kier molecular flexibility index (Phi) is 4.92. The van der Waals surface area contributed by atoms with Crippen LogP contribution in [0, 0.1) is 16.7 Å². The number of rotatable bonds is 4. The molecule has 2 rings (SSSR count). The Morgan fingerprint density at radius 1 is 1.42 bits per heavy atom. The van der Waals surface area contributed by atoms with Gasteiger partial charge in [0.15, 0.2) is 0 Å². The van der Waals surface area contributed by atoms with E-state index in [-0.39, 0.29) is 5.91 Å². The summed E-state index contributed by atoms with van der Waals surface area (Å²) in [6, 6.07) is 2.28. The second-order valence-corrected chi connectivity index (χ2v) is 6.02. The van der Waals surface area contributed by atoms with Crippen LogP contribution in [0.5, 0.6) is 0 Å². The molecule has 0 radical (unpaired) electrons. The van der Waals surface area contributed by atoms with Crippen molar-refractivity contribution < 1.29 is 4.79 Å². The van der Waals surface area contributed by atoms with Crippen LogP contribution in [0.3, 0.4) is 0 Å². The van der Waals surface area contributed by atoms with Crippen molar-refractivity contribution in [2.24, 2.45) is 5.41 Å². The Morgan fingerprint density at radius 2 is 2.16 bits per heavy atom. The van der Waals surface area contributed by atoms with E-state index < -0.39 is 5.41 Å². The molecule has 0 unspecified atom stereocenters. The molecule has 5 heteroatoms. The average molecular weight is 277 g/mol. The molecular formula is C14H19N3OS. The summed E-state index contributed by atoms with van der Waals surface area (Å²) in [4.78, 5) is 16.5. The maximum absolute atomic E-state index is 12.3. The fourth-order valence-electron chi connectivity index (χ4n) is 2.55. The minimum Gasteiger partial charge on any atom is -0.354 e. The van der Waals surface area contributed by atoms with Crippen LogP contribution in [0.1, 0.15) is 43.5 Å². The van der Waals surface area contributed by atoms with E-state index in [9.17, 15) is 10.1 Å². The van der Waals surface area contributed by atoms with Crippen LogP contribution in [-0.4, -0.2) is 17.4 Å². The standard InChI is InChI=1S/C14H19N3OS/c15-11-14(6-3-1-2-4-7-14)13(18)17-8-5-12-16-9-10-19-12/h9-10H,1-8H2,(H,17,18). The van der Waals surface area contributed by atoms with Crippen molar-refractivity contribution in [1.29, 1.82) is 5.26 Å². The average Bonchev–Trinajstić information content (AvgIpc) is 2.82. The first-order valence-corrected chi connectivity index (χ1v) is 7.73. The fraction of sp³-hybridized carbons (Fsp3) is 0.643. The summed E-state index contributed by atoms with van der Waals surface area (Å²) in [5, 5.41) is 15.3. The number of thiazole rings is 1. The number of hydrogen-bond acceptors (Lipinski definition) is 4. The van der Waals surface area contributed by atoms with E-state index in [1.165, 1.54) is 0 Å². The van der Waals surface area contributed by atoms with Crippen LogP contribution in [0.15, 0.2) is 11.6 Å². The molecule has 0 aromatic carbocycles. The lowest BCUT2D eigenvalue weighted by atomic mass is 9.81. The molecule has 0 bridgehead atoms. The van der Waals surface area contributed by atoms with Gasteiger partial charge in [-0.1, -0.05) is 25.7 Å². The van der Waals surface area contributed by atoms with Gasteiger partial charge in [-0.2, -0.15) is 5.26 Å². The molecule has 1 fully saturated rings. The number of nitriles is 1. The first kappa shape index (κ1) is 14.0. The lowest BCUT2D eigenvalue weighted by molar-refractivity contribution is -0.128. The molecular weight excluding hydrogens is 258 g/mol. The number of nitrogens with one attached hydrogen (secondary N) is 1. The molecule has 1 aromatic heterocycles. The van der Waals surface area contributed by atoms with E-state index in [1.807, 2.05) is 5.38 Å². The van der Waals surface area contributed by atoms with Gasteiger partial charge in [-0.25, -0.2) is 4.98 Å². The number of carbonyl (C=O) groups is 1. The molecule has 0 spiro atoms. The molecule has 1 saturated carbocycles. The Balaban J connectivity index is 1.87. The topological polar surface area (TPSA) is 65.8 Å². The van der Waals surface area contributed by atoms with E-state index in [2.05, 4.69) is 16.4 Å². The Bertz CT molecular complexity index is 442. The van der Waals surface area contributed by atoms with Crippen LogP contribution in [0.25, 0.3) is 0 Å². The molecule has 19 heavy (non-hydrogen) atoms. The van der Waals surface area contributed by atoms with Crippen molar-refractivity contribution >= 4 is 17.2 Å².